The molecule has 3 rings (SSSR count). The molecule has 3 aromatic carbocycles. The zero-order valence-electron chi connectivity index (χ0n) is 15.2. The molecule has 0 saturated carbocycles. The lowest BCUT2D eigenvalue weighted by Gasteiger charge is -2.32. The number of allylic oxidation sites excluding steroid dienone is 1. The molecule has 0 aliphatic rings. The number of Topliss-reactive ketones (excluding diaryl/α,β-unsaturated/α-hetero) is 1. The highest BCUT2D eigenvalue weighted by Gasteiger charge is 2.35. The van der Waals surface area contributed by atoms with Crippen molar-refractivity contribution in [3.63, 3.8) is 0 Å². The Hall–Kier alpha value is -3.46. The maximum atomic E-state index is 11.9. The summed E-state index contributed by atoms with van der Waals surface area (Å²) in [4.78, 5) is 16.8. The van der Waals surface area contributed by atoms with Crippen LogP contribution in [0.3, 0.4) is 0 Å². The van der Waals surface area contributed by atoms with Crippen LogP contribution in [0, 0.1) is 0 Å². The Morgan fingerprint density at radius 1 is 0.778 bits per heavy atom. The molecule has 3 nitrogen and oxygen atoms in total. The highest BCUT2D eigenvalue weighted by molar-refractivity contribution is 6.12. The maximum absolute atomic E-state index is 11.9. The van der Waals surface area contributed by atoms with Crippen molar-refractivity contribution in [3.8, 4) is 0 Å². The third-order valence-electron chi connectivity index (χ3n) is 4.56. The van der Waals surface area contributed by atoms with Gasteiger partial charge in [0.25, 0.3) is 0 Å². The number of hydrogen-bond acceptors (Lipinski definition) is 3. The van der Waals surface area contributed by atoms with Crippen LogP contribution in [-0.4, -0.2) is 12.0 Å². The molecule has 0 spiro atoms. The first-order chi connectivity index (χ1) is 13.2. The lowest BCUT2D eigenvalue weighted by atomic mass is 9.77. The van der Waals surface area contributed by atoms with Gasteiger partial charge in [-0.15, -0.1) is 0 Å². The summed E-state index contributed by atoms with van der Waals surface area (Å²) in [7, 11) is 0. The number of carbonyl (C=O) groups excluding carboxylic acids is 1. The van der Waals surface area contributed by atoms with Gasteiger partial charge in [0.05, 0.1) is 5.57 Å². The Morgan fingerprint density at radius 3 is 1.44 bits per heavy atom. The second-order valence-corrected chi connectivity index (χ2v) is 6.24. The van der Waals surface area contributed by atoms with Crippen molar-refractivity contribution in [1.82, 2.24) is 0 Å². The van der Waals surface area contributed by atoms with Gasteiger partial charge < -0.3 is 5.73 Å². The number of carbonyl (C=O) groups is 1. The standard InChI is InChI=1S/C24H22N2O/c1-19(27)20(17-25)18-26-24(21-11-5-2-6-12-21,22-13-7-3-8-14-22)23-15-9-4-10-16-23/h2-18H,25H2,1H3/b20-17+,26-18?. The first-order valence-corrected chi connectivity index (χ1v) is 8.83. The minimum absolute atomic E-state index is 0.121. The van der Waals surface area contributed by atoms with Crippen molar-refractivity contribution >= 4 is 12.0 Å². The van der Waals surface area contributed by atoms with E-state index in [0.717, 1.165) is 16.7 Å². The molecule has 0 unspecified atom stereocenters. The van der Waals surface area contributed by atoms with Crippen LogP contribution >= 0.6 is 0 Å². The summed E-state index contributed by atoms with van der Waals surface area (Å²) in [6.07, 6.45) is 2.88. The van der Waals surface area contributed by atoms with E-state index in [1.807, 2.05) is 54.6 Å². The van der Waals surface area contributed by atoms with E-state index in [1.165, 1.54) is 13.1 Å². The molecule has 0 amide bonds. The highest BCUT2D eigenvalue weighted by atomic mass is 16.1. The molecule has 0 radical (unpaired) electrons. The molecule has 3 heteroatoms. The van der Waals surface area contributed by atoms with Crippen LogP contribution in [0.4, 0.5) is 0 Å². The Bertz CT molecular complexity index is 849. The SMILES string of the molecule is CC(=O)/C(C=NC(c1ccccc1)(c1ccccc1)c1ccccc1)=C/N. The molecule has 0 fully saturated rings. The van der Waals surface area contributed by atoms with Crippen molar-refractivity contribution in [2.45, 2.75) is 12.5 Å². The van der Waals surface area contributed by atoms with Gasteiger partial charge in [0, 0.05) is 12.4 Å². The summed E-state index contributed by atoms with van der Waals surface area (Å²) in [5.74, 6) is -0.121. The summed E-state index contributed by atoms with van der Waals surface area (Å²) in [5, 5.41) is 0. The van der Waals surface area contributed by atoms with E-state index < -0.39 is 5.54 Å². The maximum Gasteiger partial charge on any atom is 0.162 e. The predicted molar refractivity (Wildman–Crippen MR) is 111 cm³/mol. The summed E-state index contributed by atoms with van der Waals surface area (Å²) in [6, 6.07) is 30.2. The van der Waals surface area contributed by atoms with Gasteiger partial charge >= 0.3 is 0 Å². The van der Waals surface area contributed by atoms with Crippen LogP contribution in [0.2, 0.25) is 0 Å². The average molecular weight is 354 g/mol. The second kappa shape index (κ2) is 8.28. The molecule has 0 aromatic heterocycles. The molecule has 0 aliphatic heterocycles. The Kier molecular flexibility index (Phi) is 5.62. The highest BCUT2D eigenvalue weighted by Crippen LogP contribution is 2.40. The number of rotatable bonds is 6. The monoisotopic (exact) mass is 354 g/mol. The molecule has 2 N–H and O–H groups in total. The lowest BCUT2D eigenvalue weighted by molar-refractivity contribution is -0.113. The predicted octanol–water partition coefficient (Wildman–Crippen LogP) is 4.48. The second-order valence-electron chi connectivity index (χ2n) is 6.24. The van der Waals surface area contributed by atoms with E-state index in [9.17, 15) is 4.79 Å². The average Bonchev–Trinajstić information content (AvgIpc) is 2.73. The van der Waals surface area contributed by atoms with Crippen molar-refractivity contribution in [2.75, 3.05) is 0 Å². The number of hydrogen-bond donors (Lipinski definition) is 1. The van der Waals surface area contributed by atoms with Crippen LogP contribution in [0.5, 0.6) is 0 Å². The molecule has 0 bridgehead atoms. The van der Waals surface area contributed by atoms with Gasteiger partial charge in [-0.2, -0.15) is 0 Å². The molecular weight excluding hydrogens is 332 g/mol. The Balaban J connectivity index is 2.33. The number of benzene rings is 3. The third kappa shape index (κ3) is 3.72. The van der Waals surface area contributed by atoms with Crippen molar-refractivity contribution in [1.29, 1.82) is 0 Å². The summed E-state index contributed by atoms with van der Waals surface area (Å²) in [6.45, 7) is 1.49. The van der Waals surface area contributed by atoms with E-state index in [4.69, 9.17) is 10.7 Å². The van der Waals surface area contributed by atoms with Crippen molar-refractivity contribution in [3.05, 3.63) is 119 Å². The Labute approximate surface area is 159 Å². The fourth-order valence-corrected chi connectivity index (χ4v) is 3.18. The largest absolute Gasteiger partial charge is 0.404 e. The quantitative estimate of drug-likeness (QED) is 0.403. The lowest BCUT2D eigenvalue weighted by Crippen LogP contribution is -2.27. The van der Waals surface area contributed by atoms with Crippen LogP contribution in [0.25, 0.3) is 0 Å². The van der Waals surface area contributed by atoms with E-state index in [1.54, 1.807) is 6.21 Å². The Morgan fingerprint density at radius 2 is 1.15 bits per heavy atom. The van der Waals surface area contributed by atoms with Crippen LogP contribution < -0.4 is 5.73 Å². The smallest absolute Gasteiger partial charge is 0.162 e. The number of nitrogens with two attached hydrogens (primary N) is 1. The van der Waals surface area contributed by atoms with Crippen LogP contribution in [-0.2, 0) is 10.3 Å². The molecule has 3 aromatic rings. The van der Waals surface area contributed by atoms with Gasteiger partial charge in [0.2, 0.25) is 0 Å². The van der Waals surface area contributed by atoms with Gasteiger partial charge in [-0.25, -0.2) is 0 Å². The van der Waals surface area contributed by atoms with Gasteiger partial charge in [-0.1, -0.05) is 91.0 Å². The first kappa shape index (κ1) is 18.3. The molecule has 134 valence electrons. The topological polar surface area (TPSA) is 55.5 Å². The molecule has 27 heavy (non-hydrogen) atoms. The molecule has 0 heterocycles. The normalized spacial score (nSPS) is 12.3. The number of aliphatic imine (C=N–C) groups is 1. The zero-order valence-corrected chi connectivity index (χ0v) is 15.2. The molecule has 0 aliphatic carbocycles. The van der Waals surface area contributed by atoms with Crippen molar-refractivity contribution in [2.24, 2.45) is 10.7 Å². The van der Waals surface area contributed by atoms with Gasteiger partial charge in [-0.05, 0) is 23.6 Å². The van der Waals surface area contributed by atoms with Gasteiger partial charge in [0.15, 0.2) is 5.78 Å². The fraction of sp³-hybridized carbons (Fsp3) is 0.0833. The summed E-state index contributed by atoms with van der Waals surface area (Å²) >= 11 is 0. The van der Waals surface area contributed by atoms with Gasteiger partial charge in [0.1, 0.15) is 5.54 Å². The third-order valence-corrected chi connectivity index (χ3v) is 4.56. The van der Waals surface area contributed by atoms with Gasteiger partial charge in [-0.3, -0.25) is 9.79 Å². The van der Waals surface area contributed by atoms with E-state index in [-0.39, 0.29) is 5.78 Å². The van der Waals surface area contributed by atoms with E-state index in [2.05, 4.69) is 36.4 Å². The minimum Gasteiger partial charge on any atom is -0.404 e. The van der Waals surface area contributed by atoms with E-state index in [0.29, 0.717) is 5.57 Å². The fourth-order valence-electron chi connectivity index (χ4n) is 3.18. The van der Waals surface area contributed by atoms with Crippen LogP contribution in [0.15, 0.2) is 108 Å². The minimum atomic E-state index is -0.784. The molecule has 0 atom stereocenters. The zero-order chi connectivity index (χ0) is 19.1. The molecular formula is C24H22N2O. The number of nitrogens with zero attached hydrogens (tertiary/aromatic N) is 1. The molecule has 0 saturated heterocycles. The summed E-state index contributed by atoms with van der Waals surface area (Å²) in [5.41, 5.74) is 8.28. The van der Waals surface area contributed by atoms with Crippen LogP contribution in [0.1, 0.15) is 23.6 Å². The van der Waals surface area contributed by atoms with E-state index >= 15 is 0 Å². The van der Waals surface area contributed by atoms with Crippen molar-refractivity contribution < 1.29 is 4.79 Å². The number of ketones is 1. The first-order valence-electron chi connectivity index (χ1n) is 8.83. The summed E-state index contributed by atoms with van der Waals surface area (Å²) < 4.78 is 0.